The summed E-state index contributed by atoms with van der Waals surface area (Å²) in [6.45, 7) is 1.82. The molecular weight excluding hydrogens is 356 g/mol. The number of rotatable bonds is 4. The Balaban J connectivity index is 2.18. The minimum atomic E-state index is -1.70. The van der Waals surface area contributed by atoms with E-state index in [0.29, 0.717) is 5.56 Å². The number of ether oxygens (including phenoxy) is 2. The molecule has 2 aliphatic rings. The van der Waals surface area contributed by atoms with Crippen molar-refractivity contribution in [2.75, 3.05) is 21.3 Å². The standard InChI is InChI=1S/C17H22N4O6/c1-8-9(7-18-21(8)3)13-11-12(15(24)20(2)14(11)23)17(19-13,16(25)27-5)6-10(22)26-4/h7,11-13,19H,6H2,1-5H3/t11-,12-,13-,17-/m0/s1. The molecule has 10 heteroatoms. The molecule has 0 saturated carbocycles. The van der Waals surface area contributed by atoms with Crippen LogP contribution in [0.2, 0.25) is 0 Å². The maximum Gasteiger partial charge on any atom is 0.327 e. The SMILES string of the molecule is COC(=O)C[C@]1(C(=O)OC)N[C@@H](c2cnn(C)c2C)[C@H]2C(=O)N(C)C(=O)[C@H]21. The van der Waals surface area contributed by atoms with Gasteiger partial charge in [-0.1, -0.05) is 0 Å². The van der Waals surface area contributed by atoms with Crippen LogP contribution in [0.4, 0.5) is 0 Å². The van der Waals surface area contributed by atoms with Crippen LogP contribution in [0.1, 0.15) is 23.7 Å². The molecule has 1 aromatic heterocycles. The highest BCUT2D eigenvalue weighted by Crippen LogP contribution is 2.50. The Morgan fingerprint density at radius 1 is 1.22 bits per heavy atom. The molecule has 0 radical (unpaired) electrons. The summed E-state index contributed by atoms with van der Waals surface area (Å²) in [5.41, 5.74) is -0.240. The minimum Gasteiger partial charge on any atom is -0.469 e. The number of amides is 2. The number of hydrogen-bond donors (Lipinski definition) is 1. The zero-order valence-corrected chi connectivity index (χ0v) is 15.8. The third-order valence-corrected chi connectivity index (χ3v) is 5.68. The molecule has 1 N–H and O–H groups in total. The molecule has 3 rings (SSSR count). The molecule has 146 valence electrons. The van der Waals surface area contributed by atoms with Crippen LogP contribution in [-0.4, -0.2) is 65.2 Å². The number of nitrogens with one attached hydrogen (secondary N) is 1. The van der Waals surface area contributed by atoms with E-state index in [9.17, 15) is 19.2 Å². The van der Waals surface area contributed by atoms with Crippen molar-refractivity contribution in [3.05, 3.63) is 17.5 Å². The number of likely N-dealkylation sites (tertiary alicyclic amines) is 1. The van der Waals surface area contributed by atoms with Gasteiger partial charge in [-0.3, -0.25) is 34.1 Å². The van der Waals surface area contributed by atoms with Gasteiger partial charge in [-0.15, -0.1) is 0 Å². The Kier molecular flexibility index (Phi) is 4.54. The van der Waals surface area contributed by atoms with Gasteiger partial charge in [0, 0.05) is 31.4 Å². The van der Waals surface area contributed by atoms with E-state index in [4.69, 9.17) is 9.47 Å². The number of aryl methyl sites for hydroxylation is 1. The van der Waals surface area contributed by atoms with Crippen molar-refractivity contribution in [1.82, 2.24) is 20.0 Å². The van der Waals surface area contributed by atoms with Gasteiger partial charge in [0.15, 0.2) is 0 Å². The molecule has 4 atom stereocenters. The molecular formula is C17H22N4O6. The Bertz CT molecular complexity index is 833. The first-order valence-electron chi connectivity index (χ1n) is 8.42. The van der Waals surface area contributed by atoms with Crippen LogP contribution in [-0.2, 0) is 35.7 Å². The van der Waals surface area contributed by atoms with Crippen molar-refractivity contribution in [2.24, 2.45) is 18.9 Å². The summed E-state index contributed by atoms with van der Waals surface area (Å²) in [7, 11) is 5.49. The minimum absolute atomic E-state index is 0.415. The highest BCUT2D eigenvalue weighted by atomic mass is 16.5. The van der Waals surface area contributed by atoms with Crippen molar-refractivity contribution in [1.29, 1.82) is 0 Å². The fraction of sp³-hybridized carbons (Fsp3) is 0.588. The van der Waals surface area contributed by atoms with Gasteiger partial charge in [-0.2, -0.15) is 5.10 Å². The van der Waals surface area contributed by atoms with Gasteiger partial charge in [-0.05, 0) is 6.92 Å². The quantitative estimate of drug-likeness (QED) is 0.528. The second kappa shape index (κ2) is 6.45. The first kappa shape index (κ1) is 19.0. The van der Waals surface area contributed by atoms with E-state index in [0.717, 1.165) is 10.6 Å². The van der Waals surface area contributed by atoms with Crippen molar-refractivity contribution >= 4 is 23.8 Å². The molecule has 2 fully saturated rings. The van der Waals surface area contributed by atoms with Crippen LogP contribution in [0.25, 0.3) is 0 Å². The summed E-state index contributed by atoms with van der Waals surface area (Å²) in [5, 5.41) is 7.26. The van der Waals surface area contributed by atoms with Crippen molar-refractivity contribution in [2.45, 2.75) is 24.9 Å². The largest absolute Gasteiger partial charge is 0.469 e. The summed E-state index contributed by atoms with van der Waals surface area (Å²) in [4.78, 5) is 51.5. The Labute approximate surface area is 155 Å². The van der Waals surface area contributed by atoms with Crippen molar-refractivity contribution in [3.63, 3.8) is 0 Å². The molecule has 0 aromatic carbocycles. The van der Waals surface area contributed by atoms with E-state index in [1.165, 1.54) is 21.3 Å². The molecule has 0 bridgehead atoms. The molecule has 0 unspecified atom stereocenters. The van der Waals surface area contributed by atoms with Gasteiger partial charge in [0.05, 0.1) is 38.7 Å². The summed E-state index contributed by atoms with van der Waals surface area (Å²) in [5.74, 6) is -4.36. The molecule has 2 saturated heterocycles. The predicted octanol–water partition coefficient (Wildman–Crippen LogP) is -0.921. The second-order valence-electron chi connectivity index (χ2n) is 6.89. The number of hydrogen-bond acceptors (Lipinski definition) is 8. The van der Waals surface area contributed by atoms with E-state index < -0.39 is 53.6 Å². The normalized spacial score (nSPS) is 29.8. The fourth-order valence-corrected chi connectivity index (χ4v) is 4.14. The van der Waals surface area contributed by atoms with E-state index in [1.54, 1.807) is 17.9 Å². The zero-order valence-electron chi connectivity index (χ0n) is 15.8. The average Bonchev–Trinajstić information content (AvgIpc) is 3.24. The highest BCUT2D eigenvalue weighted by Gasteiger charge is 2.69. The van der Waals surface area contributed by atoms with Crippen LogP contribution in [0.5, 0.6) is 0 Å². The van der Waals surface area contributed by atoms with Crippen molar-refractivity contribution < 1.29 is 28.7 Å². The zero-order chi connectivity index (χ0) is 20.1. The second-order valence-corrected chi connectivity index (χ2v) is 6.89. The molecule has 1 aromatic rings. The molecule has 10 nitrogen and oxygen atoms in total. The van der Waals surface area contributed by atoms with E-state index in [1.807, 2.05) is 6.92 Å². The highest BCUT2D eigenvalue weighted by molar-refractivity contribution is 6.10. The lowest BCUT2D eigenvalue weighted by Gasteiger charge is -2.30. The molecule has 3 heterocycles. The lowest BCUT2D eigenvalue weighted by atomic mass is 9.77. The lowest BCUT2D eigenvalue weighted by Crippen LogP contribution is -2.57. The van der Waals surface area contributed by atoms with Crippen LogP contribution in [0.3, 0.4) is 0 Å². The summed E-state index contributed by atoms with van der Waals surface area (Å²) in [6, 6.07) is -0.672. The lowest BCUT2D eigenvalue weighted by molar-refractivity contribution is -0.159. The number of imide groups is 1. The number of esters is 2. The van der Waals surface area contributed by atoms with Crippen LogP contribution in [0.15, 0.2) is 6.20 Å². The topological polar surface area (TPSA) is 120 Å². The fourth-order valence-electron chi connectivity index (χ4n) is 4.14. The van der Waals surface area contributed by atoms with Crippen LogP contribution < -0.4 is 5.32 Å². The van der Waals surface area contributed by atoms with E-state index >= 15 is 0 Å². The number of methoxy groups -OCH3 is 2. The molecule has 0 spiro atoms. The first-order valence-corrected chi connectivity index (χ1v) is 8.42. The Morgan fingerprint density at radius 3 is 2.41 bits per heavy atom. The average molecular weight is 378 g/mol. The third kappa shape index (κ3) is 2.54. The molecule has 2 aliphatic heterocycles. The van der Waals surface area contributed by atoms with Gasteiger partial charge >= 0.3 is 11.9 Å². The monoisotopic (exact) mass is 378 g/mol. The number of fused-ring (bicyclic) bond motifs is 1. The van der Waals surface area contributed by atoms with Gasteiger partial charge in [0.1, 0.15) is 5.54 Å². The van der Waals surface area contributed by atoms with E-state index in [-0.39, 0.29) is 0 Å². The predicted molar refractivity (Wildman–Crippen MR) is 90.0 cm³/mol. The first-order chi connectivity index (χ1) is 12.7. The van der Waals surface area contributed by atoms with Gasteiger partial charge < -0.3 is 9.47 Å². The Morgan fingerprint density at radius 2 is 1.89 bits per heavy atom. The number of carbonyl (C=O) groups is 4. The summed E-state index contributed by atoms with van der Waals surface area (Å²) in [6.07, 6.45) is 1.16. The molecule has 2 amide bonds. The summed E-state index contributed by atoms with van der Waals surface area (Å²) >= 11 is 0. The van der Waals surface area contributed by atoms with Gasteiger partial charge in [0.2, 0.25) is 11.8 Å². The van der Waals surface area contributed by atoms with Crippen molar-refractivity contribution in [3.8, 4) is 0 Å². The maximum atomic E-state index is 12.9. The maximum absolute atomic E-state index is 12.9. The number of nitrogens with zero attached hydrogens (tertiary/aromatic N) is 3. The van der Waals surface area contributed by atoms with Crippen LogP contribution >= 0.6 is 0 Å². The smallest absolute Gasteiger partial charge is 0.327 e. The Hall–Kier alpha value is -2.75. The number of carbonyl (C=O) groups excluding carboxylic acids is 4. The molecule has 27 heavy (non-hydrogen) atoms. The van der Waals surface area contributed by atoms with Crippen LogP contribution in [0, 0.1) is 18.8 Å². The third-order valence-electron chi connectivity index (χ3n) is 5.68. The summed E-state index contributed by atoms with van der Waals surface area (Å²) < 4.78 is 11.3. The molecule has 0 aliphatic carbocycles. The van der Waals surface area contributed by atoms with E-state index in [2.05, 4.69) is 10.4 Å². The van der Waals surface area contributed by atoms with Gasteiger partial charge in [0.25, 0.3) is 0 Å². The number of aromatic nitrogens is 2. The van der Waals surface area contributed by atoms with Gasteiger partial charge in [-0.25, -0.2) is 0 Å².